The van der Waals surface area contributed by atoms with Gasteiger partial charge in [-0.3, -0.25) is 9.69 Å². The Bertz CT molecular complexity index is 1040. The number of carbonyl (C=O) groups excluding carboxylic acids is 2. The molecule has 2 aliphatic rings. The third-order valence-electron chi connectivity index (χ3n) is 4.89. The van der Waals surface area contributed by atoms with Gasteiger partial charge >= 0.3 is 5.97 Å². The van der Waals surface area contributed by atoms with Gasteiger partial charge in [-0.2, -0.15) is 0 Å². The first-order valence-electron chi connectivity index (χ1n) is 9.22. The van der Waals surface area contributed by atoms with E-state index in [4.69, 9.17) is 4.74 Å². The highest BCUT2D eigenvalue weighted by Gasteiger charge is 2.46. The van der Waals surface area contributed by atoms with E-state index < -0.39 is 12.0 Å². The molecule has 5 nitrogen and oxygen atoms in total. The van der Waals surface area contributed by atoms with Crippen LogP contribution in [-0.4, -0.2) is 27.2 Å². The first-order valence-corrected chi connectivity index (χ1v) is 10.9. The van der Waals surface area contributed by atoms with Crippen molar-refractivity contribution in [3.05, 3.63) is 81.5 Å². The highest BCUT2D eigenvalue weighted by Crippen LogP contribution is 2.44. The molecular weight excluding hydrogens is 452 g/mol. The Labute approximate surface area is 182 Å². The van der Waals surface area contributed by atoms with E-state index in [9.17, 15) is 9.59 Å². The summed E-state index contributed by atoms with van der Waals surface area (Å²) in [7, 11) is 0. The van der Waals surface area contributed by atoms with Crippen LogP contribution < -0.4 is 0 Å². The van der Waals surface area contributed by atoms with E-state index in [1.807, 2.05) is 61.5 Å². The van der Waals surface area contributed by atoms with Crippen molar-refractivity contribution in [3.8, 4) is 0 Å². The van der Waals surface area contributed by atoms with Crippen molar-refractivity contribution < 1.29 is 14.3 Å². The summed E-state index contributed by atoms with van der Waals surface area (Å²) in [5.41, 5.74) is 2.69. The molecule has 0 aromatic heterocycles. The van der Waals surface area contributed by atoms with E-state index in [0.717, 1.165) is 15.6 Å². The van der Waals surface area contributed by atoms with E-state index in [-0.39, 0.29) is 17.8 Å². The number of aliphatic imine (C=N–C) groups is 1. The normalized spacial score (nSPS) is 21.1. The van der Waals surface area contributed by atoms with Gasteiger partial charge in [0, 0.05) is 4.47 Å². The molecule has 2 aliphatic heterocycles. The largest absolute Gasteiger partial charge is 0.457 e. The van der Waals surface area contributed by atoms with Crippen LogP contribution in [0.15, 0.2) is 75.3 Å². The number of halogens is 1. The third-order valence-corrected chi connectivity index (χ3v) is 6.67. The van der Waals surface area contributed by atoms with Crippen molar-refractivity contribution in [2.24, 2.45) is 4.99 Å². The van der Waals surface area contributed by atoms with Gasteiger partial charge in [-0.25, -0.2) is 9.79 Å². The highest BCUT2D eigenvalue weighted by molar-refractivity contribution is 9.10. The van der Waals surface area contributed by atoms with Gasteiger partial charge in [-0.15, -0.1) is 0 Å². The van der Waals surface area contributed by atoms with Gasteiger partial charge in [-0.1, -0.05) is 76.2 Å². The molecule has 0 radical (unpaired) electrons. The summed E-state index contributed by atoms with van der Waals surface area (Å²) in [4.78, 5) is 32.2. The molecule has 2 heterocycles. The summed E-state index contributed by atoms with van der Waals surface area (Å²) in [5.74, 6) is -0.525. The fraction of sp³-hybridized carbons (Fsp3) is 0.227. The monoisotopic (exact) mass is 470 g/mol. The minimum atomic E-state index is -0.578. The van der Waals surface area contributed by atoms with Crippen LogP contribution in [0.5, 0.6) is 0 Å². The van der Waals surface area contributed by atoms with Gasteiger partial charge < -0.3 is 4.74 Å². The molecule has 4 rings (SSSR count). The Morgan fingerprint density at radius 2 is 1.86 bits per heavy atom. The number of thioether (sulfide) groups is 1. The summed E-state index contributed by atoms with van der Waals surface area (Å²) in [6.07, 6.45) is 0. The second-order valence-electron chi connectivity index (χ2n) is 6.85. The second kappa shape index (κ2) is 8.16. The lowest BCUT2D eigenvalue weighted by molar-refractivity contribution is -0.141. The first kappa shape index (κ1) is 19.9. The number of fused-ring (bicyclic) bond motifs is 1. The van der Waals surface area contributed by atoms with Crippen LogP contribution >= 0.6 is 27.7 Å². The fourth-order valence-electron chi connectivity index (χ4n) is 3.46. The van der Waals surface area contributed by atoms with Crippen LogP contribution in [0.3, 0.4) is 0 Å². The Kier molecular flexibility index (Phi) is 5.61. The van der Waals surface area contributed by atoms with Crippen molar-refractivity contribution in [2.75, 3.05) is 0 Å². The standard InChI is InChI=1S/C22H19BrN2O3S/c1-13-18(21(27)28-12-15-8-4-3-5-9-15)19(16-10-6-7-11-17(16)23)25-20(26)14(2)29-22(25)24-13/h3-11,14,19H,12H2,1-2H3. The number of esters is 1. The number of hydrogen-bond donors (Lipinski definition) is 0. The number of ether oxygens (including phenoxy) is 1. The van der Waals surface area contributed by atoms with Gasteiger partial charge in [-0.05, 0) is 31.0 Å². The zero-order valence-corrected chi connectivity index (χ0v) is 18.4. The van der Waals surface area contributed by atoms with Crippen molar-refractivity contribution >= 4 is 44.7 Å². The molecular formula is C22H19BrN2O3S. The molecule has 2 unspecified atom stereocenters. The molecule has 0 bridgehead atoms. The van der Waals surface area contributed by atoms with Crippen LogP contribution in [0, 0.1) is 0 Å². The highest BCUT2D eigenvalue weighted by atomic mass is 79.9. The quantitative estimate of drug-likeness (QED) is 0.599. The molecule has 0 N–H and O–H groups in total. The van der Waals surface area contributed by atoms with Crippen molar-refractivity contribution in [2.45, 2.75) is 31.7 Å². The molecule has 1 amide bonds. The average molecular weight is 471 g/mol. The van der Waals surface area contributed by atoms with Gasteiger partial charge in [0.2, 0.25) is 5.91 Å². The topological polar surface area (TPSA) is 59.0 Å². The number of rotatable bonds is 4. The summed E-state index contributed by atoms with van der Waals surface area (Å²) < 4.78 is 6.44. The molecule has 0 spiro atoms. The third kappa shape index (κ3) is 3.76. The molecule has 2 aromatic carbocycles. The zero-order valence-electron chi connectivity index (χ0n) is 16.0. The molecule has 1 saturated heterocycles. The predicted molar refractivity (Wildman–Crippen MR) is 117 cm³/mol. The van der Waals surface area contributed by atoms with Crippen LogP contribution in [0.25, 0.3) is 0 Å². The van der Waals surface area contributed by atoms with E-state index in [1.165, 1.54) is 11.8 Å². The smallest absolute Gasteiger partial charge is 0.338 e. The summed E-state index contributed by atoms with van der Waals surface area (Å²) in [6.45, 7) is 3.81. The predicted octanol–water partition coefficient (Wildman–Crippen LogP) is 4.84. The Morgan fingerprint density at radius 3 is 2.59 bits per heavy atom. The van der Waals surface area contributed by atoms with Crippen LogP contribution in [0.4, 0.5) is 0 Å². The van der Waals surface area contributed by atoms with Crippen molar-refractivity contribution in [1.29, 1.82) is 0 Å². The molecule has 1 fully saturated rings. The minimum absolute atomic E-state index is 0.0598. The van der Waals surface area contributed by atoms with E-state index in [1.54, 1.807) is 11.8 Å². The van der Waals surface area contributed by atoms with Gasteiger partial charge in [0.15, 0.2) is 5.17 Å². The second-order valence-corrected chi connectivity index (χ2v) is 9.01. The number of allylic oxidation sites excluding steroid dienone is 1. The average Bonchev–Trinajstić information content (AvgIpc) is 3.00. The number of hydrogen-bond acceptors (Lipinski definition) is 5. The van der Waals surface area contributed by atoms with Gasteiger partial charge in [0.1, 0.15) is 6.61 Å². The fourth-order valence-corrected chi connectivity index (χ4v) is 4.99. The molecule has 2 aromatic rings. The Hall–Kier alpha value is -2.38. The lowest BCUT2D eigenvalue weighted by atomic mass is 9.94. The van der Waals surface area contributed by atoms with E-state index in [2.05, 4.69) is 20.9 Å². The zero-order chi connectivity index (χ0) is 20.5. The van der Waals surface area contributed by atoms with Gasteiger partial charge in [0.05, 0.1) is 22.6 Å². The van der Waals surface area contributed by atoms with Crippen molar-refractivity contribution in [1.82, 2.24) is 4.90 Å². The van der Waals surface area contributed by atoms with Gasteiger partial charge in [0.25, 0.3) is 0 Å². The maximum Gasteiger partial charge on any atom is 0.338 e. The number of amides is 1. The lowest BCUT2D eigenvalue weighted by Crippen LogP contribution is -2.40. The van der Waals surface area contributed by atoms with E-state index >= 15 is 0 Å². The molecule has 148 valence electrons. The molecule has 0 saturated carbocycles. The maximum atomic E-state index is 13.1. The van der Waals surface area contributed by atoms with E-state index in [0.29, 0.717) is 16.4 Å². The number of benzene rings is 2. The van der Waals surface area contributed by atoms with Crippen LogP contribution in [0.1, 0.15) is 31.0 Å². The SMILES string of the molecule is CC1=C(C(=O)OCc2ccccc2)C(c2ccccc2Br)N2C(=O)C(C)SC2=N1. The van der Waals surface area contributed by atoms with Crippen LogP contribution in [0.2, 0.25) is 0 Å². The molecule has 0 aliphatic carbocycles. The lowest BCUT2D eigenvalue weighted by Gasteiger charge is -2.33. The van der Waals surface area contributed by atoms with Crippen LogP contribution in [-0.2, 0) is 20.9 Å². The van der Waals surface area contributed by atoms with Crippen molar-refractivity contribution in [3.63, 3.8) is 0 Å². The Morgan fingerprint density at radius 1 is 1.17 bits per heavy atom. The molecule has 2 atom stereocenters. The number of nitrogens with zero attached hydrogens (tertiary/aromatic N) is 2. The summed E-state index contributed by atoms with van der Waals surface area (Å²) >= 11 is 4.99. The first-order chi connectivity index (χ1) is 14.0. The molecule has 7 heteroatoms. The maximum absolute atomic E-state index is 13.1. The minimum Gasteiger partial charge on any atom is -0.457 e. The molecule has 29 heavy (non-hydrogen) atoms. The summed E-state index contributed by atoms with van der Waals surface area (Å²) in [5, 5.41) is 0.381. The summed E-state index contributed by atoms with van der Waals surface area (Å²) in [6, 6.07) is 16.5. The number of carbonyl (C=O) groups is 2. The number of amidine groups is 1. The Balaban J connectivity index is 1.73.